The number of nitrogens with zero attached hydrogens (tertiary/aromatic N) is 3. The Labute approximate surface area is 135 Å². The Balaban J connectivity index is 1.45. The zero-order valence-electron chi connectivity index (χ0n) is 13.4. The molecule has 0 N–H and O–H groups in total. The normalized spacial score (nSPS) is 19.9. The molecule has 2 aromatic rings. The molecule has 120 valence electrons. The third kappa shape index (κ3) is 3.06. The molecule has 1 saturated heterocycles. The molecule has 4 rings (SSSR count). The number of hydrogen-bond donors (Lipinski definition) is 0. The molecule has 0 radical (unpaired) electrons. The van der Waals surface area contributed by atoms with Crippen molar-refractivity contribution in [2.45, 2.75) is 44.6 Å². The maximum absolute atomic E-state index is 11.3. The summed E-state index contributed by atoms with van der Waals surface area (Å²) in [6.07, 6.45) is 4.96. The maximum atomic E-state index is 11.3. The summed E-state index contributed by atoms with van der Waals surface area (Å²) in [5.74, 6) is 1.83. The monoisotopic (exact) mass is 311 g/mol. The molecule has 1 aliphatic carbocycles. The van der Waals surface area contributed by atoms with E-state index in [1.165, 1.54) is 12.8 Å². The van der Waals surface area contributed by atoms with Crippen LogP contribution in [0.1, 0.15) is 54.7 Å². The van der Waals surface area contributed by atoms with E-state index in [2.05, 4.69) is 15.0 Å². The molecule has 5 heteroatoms. The van der Waals surface area contributed by atoms with E-state index in [-0.39, 0.29) is 5.78 Å². The average Bonchev–Trinajstić information content (AvgIpc) is 3.32. The number of carbonyl (C=O) groups is 1. The Kier molecular flexibility index (Phi) is 3.73. The molecule has 1 aromatic carbocycles. The van der Waals surface area contributed by atoms with Gasteiger partial charge in [-0.3, -0.25) is 4.79 Å². The smallest absolute Gasteiger partial charge is 0.257 e. The predicted octanol–water partition coefficient (Wildman–Crippen LogP) is 3.28. The van der Waals surface area contributed by atoms with Crippen LogP contribution in [-0.4, -0.2) is 40.0 Å². The predicted molar refractivity (Wildman–Crippen MR) is 86.3 cm³/mol. The second kappa shape index (κ2) is 5.89. The summed E-state index contributed by atoms with van der Waals surface area (Å²) in [6.45, 7) is 3.85. The topological polar surface area (TPSA) is 59.2 Å². The minimum Gasteiger partial charge on any atom is -0.334 e. The quantitative estimate of drug-likeness (QED) is 0.811. The van der Waals surface area contributed by atoms with Gasteiger partial charge in [0.05, 0.1) is 0 Å². The first kappa shape index (κ1) is 14.6. The second-order valence-electron chi connectivity index (χ2n) is 6.63. The van der Waals surface area contributed by atoms with Gasteiger partial charge in [-0.2, -0.15) is 4.98 Å². The lowest BCUT2D eigenvalue weighted by atomic mass is 9.96. The van der Waals surface area contributed by atoms with Gasteiger partial charge in [-0.05, 0) is 57.8 Å². The van der Waals surface area contributed by atoms with E-state index >= 15 is 0 Å². The van der Waals surface area contributed by atoms with Crippen LogP contribution in [0, 0.1) is 0 Å². The van der Waals surface area contributed by atoms with E-state index in [1.807, 2.05) is 12.1 Å². The van der Waals surface area contributed by atoms with E-state index in [9.17, 15) is 4.79 Å². The largest absolute Gasteiger partial charge is 0.334 e. The number of Topliss-reactive ketones (excluding diaryl/α,β-unsaturated/α-hetero) is 1. The van der Waals surface area contributed by atoms with E-state index in [4.69, 9.17) is 4.52 Å². The van der Waals surface area contributed by atoms with Gasteiger partial charge in [0, 0.05) is 23.1 Å². The number of ketones is 1. The van der Waals surface area contributed by atoms with Gasteiger partial charge in [0.2, 0.25) is 0 Å². The van der Waals surface area contributed by atoms with Crippen LogP contribution in [0.5, 0.6) is 0 Å². The van der Waals surface area contributed by atoms with Gasteiger partial charge >= 0.3 is 0 Å². The highest BCUT2D eigenvalue weighted by molar-refractivity contribution is 5.94. The van der Waals surface area contributed by atoms with Crippen molar-refractivity contribution in [1.82, 2.24) is 15.0 Å². The summed E-state index contributed by atoms with van der Waals surface area (Å²) >= 11 is 0. The van der Waals surface area contributed by atoms with Crippen LogP contribution in [-0.2, 0) is 0 Å². The molecular weight excluding hydrogens is 290 g/mol. The highest BCUT2D eigenvalue weighted by atomic mass is 16.5. The van der Waals surface area contributed by atoms with Gasteiger partial charge in [0.15, 0.2) is 11.6 Å². The van der Waals surface area contributed by atoms with Gasteiger partial charge in [0.1, 0.15) is 0 Å². The lowest BCUT2D eigenvalue weighted by Crippen LogP contribution is -2.34. The van der Waals surface area contributed by atoms with Gasteiger partial charge < -0.3 is 9.42 Å². The number of piperidine rings is 1. The van der Waals surface area contributed by atoms with E-state index in [0.29, 0.717) is 17.4 Å². The molecule has 5 nitrogen and oxygen atoms in total. The minimum atomic E-state index is 0.0604. The number of rotatable bonds is 4. The standard InChI is InChI=1S/C18H21N3O2/c1-12(22)13-2-4-15(5-3-13)18-19-17(20-23-18)14-8-10-21(11-9-14)16-6-7-16/h2-5,14,16H,6-11H2,1H3. The fourth-order valence-electron chi connectivity index (χ4n) is 3.33. The number of hydrogen-bond acceptors (Lipinski definition) is 5. The lowest BCUT2D eigenvalue weighted by molar-refractivity contribution is 0.101. The summed E-state index contributed by atoms with van der Waals surface area (Å²) in [5, 5.41) is 4.19. The first-order valence-electron chi connectivity index (χ1n) is 8.40. The Morgan fingerprint density at radius 2 is 1.83 bits per heavy atom. The number of likely N-dealkylation sites (tertiary alicyclic amines) is 1. The van der Waals surface area contributed by atoms with Crippen molar-refractivity contribution in [3.63, 3.8) is 0 Å². The van der Waals surface area contributed by atoms with Gasteiger partial charge in [0.25, 0.3) is 5.89 Å². The van der Waals surface area contributed by atoms with Crippen molar-refractivity contribution in [3.05, 3.63) is 35.7 Å². The summed E-state index contributed by atoms with van der Waals surface area (Å²) in [6, 6.07) is 8.18. The van der Waals surface area contributed by atoms with Crippen molar-refractivity contribution < 1.29 is 9.32 Å². The van der Waals surface area contributed by atoms with Gasteiger partial charge in [-0.25, -0.2) is 0 Å². The molecule has 2 aliphatic rings. The van der Waals surface area contributed by atoms with Crippen LogP contribution in [0.3, 0.4) is 0 Å². The van der Waals surface area contributed by atoms with Crippen molar-refractivity contribution in [1.29, 1.82) is 0 Å². The molecular formula is C18H21N3O2. The summed E-state index contributed by atoms with van der Waals surface area (Å²) in [7, 11) is 0. The highest BCUT2D eigenvalue weighted by Gasteiger charge is 2.33. The molecule has 0 unspecified atom stereocenters. The van der Waals surface area contributed by atoms with Gasteiger partial charge in [-0.15, -0.1) is 0 Å². The van der Waals surface area contributed by atoms with E-state index in [1.54, 1.807) is 19.1 Å². The van der Waals surface area contributed by atoms with E-state index in [0.717, 1.165) is 43.4 Å². The molecule has 0 bridgehead atoms. The van der Waals surface area contributed by atoms with Gasteiger partial charge in [-0.1, -0.05) is 17.3 Å². The molecule has 1 aliphatic heterocycles. The minimum absolute atomic E-state index is 0.0604. The zero-order chi connectivity index (χ0) is 15.8. The molecule has 1 saturated carbocycles. The van der Waals surface area contributed by atoms with Crippen LogP contribution in [0.25, 0.3) is 11.5 Å². The molecule has 1 aromatic heterocycles. The molecule has 2 fully saturated rings. The maximum Gasteiger partial charge on any atom is 0.257 e. The third-order valence-electron chi connectivity index (χ3n) is 4.94. The number of benzene rings is 1. The Morgan fingerprint density at radius 1 is 1.13 bits per heavy atom. The Bertz CT molecular complexity index is 695. The van der Waals surface area contributed by atoms with Crippen molar-refractivity contribution in [2.24, 2.45) is 0 Å². The van der Waals surface area contributed by atoms with Crippen molar-refractivity contribution in [2.75, 3.05) is 13.1 Å². The van der Waals surface area contributed by atoms with Crippen LogP contribution in [0.15, 0.2) is 28.8 Å². The summed E-state index contributed by atoms with van der Waals surface area (Å²) in [4.78, 5) is 18.5. The average molecular weight is 311 g/mol. The zero-order valence-corrected chi connectivity index (χ0v) is 13.4. The van der Waals surface area contributed by atoms with Crippen molar-refractivity contribution >= 4 is 5.78 Å². The number of carbonyl (C=O) groups excluding carboxylic acids is 1. The molecule has 0 amide bonds. The fraction of sp³-hybridized carbons (Fsp3) is 0.500. The number of aromatic nitrogens is 2. The molecule has 2 heterocycles. The summed E-state index contributed by atoms with van der Waals surface area (Å²) in [5.41, 5.74) is 1.56. The third-order valence-corrected chi connectivity index (χ3v) is 4.94. The molecule has 0 spiro atoms. The molecule has 0 atom stereocenters. The first-order valence-corrected chi connectivity index (χ1v) is 8.40. The van der Waals surface area contributed by atoms with E-state index < -0.39 is 0 Å². The van der Waals surface area contributed by atoms with Crippen LogP contribution in [0.4, 0.5) is 0 Å². The fourth-order valence-corrected chi connectivity index (χ4v) is 3.33. The highest BCUT2D eigenvalue weighted by Crippen LogP contribution is 2.34. The summed E-state index contributed by atoms with van der Waals surface area (Å²) < 4.78 is 5.43. The SMILES string of the molecule is CC(=O)c1ccc(-c2nc(C3CCN(C4CC4)CC3)no2)cc1. The van der Waals surface area contributed by atoms with Crippen LogP contribution >= 0.6 is 0 Å². The van der Waals surface area contributed by atoms with Crippen LogP contribution in [0.2, 0.25) is 0 Å². The Morgan fingerprint density at radius 3 is 2.43 bits per heavy atom. The first-order chi connectivity index (χ1) is 11.2. The van der Waals surface area contributed by atoms with Crippen LogP contribution < -0.4 is 0 Å². The lowest BCUT2D eigenvalue weighted by Gasteiger charge is -2.30. The Hall–Kier alpha value is -2.01. The van der Waals surface area contributed by atoms with Crippen molar-refractivity contribution in [3.8, 4) is 11.5 Å². The second-order valence-corrected chi connectivity index (χ2v) is 6.63. The molecule has 23 heavy (non-hydrogen) atoms.